The summed E-state index contributed by atoms with van der Waals surface area (Å²) in [5.74, 6) is -1.13. The summed E-state index contributed by atoms with van der Waals surface area (Å²) >= 11 is 6.09. The van der Waals surface area contributed by atoms with Gasteiger partial charge in [-0.3, -0.25) is 4.31 Å². The van der Waals surface area contributed by atoms with E-state index in [1.165, 1.54) is 29.6 Å². The van der Waals surface area contributed by atoms with Gasteiger partial charge < -0.3 is 15.2 Å². The SMILES string of the molecule is COc1cc(S(=O)(=O)N2c3cc(OCc4c(F)cccc4Cl)ccc3C[C@@H](CN)[C@H]2C)ccc1F. The molecule has 35 heavy (non-hydrogen) atoms. The number of nitrogens with zero attached hydrogens (tertiary/aromatic N) is 1. The number of anilines is 1. The summed E-state index contributed by atoms with van der Waals surface area (Å²) in [5, 5.41) is 0.233. The predicted octanol–water partition coefficient (Wildman–Crippen LogP) is 4.92. The third-order valence-corrected chi connectivity index (χ3v) is 8.51. The molecule has 2 atom stereocenters. The van der Waals surface area contributed by atoms with Gasteiger partial charge >= 0.3 is 0 Å². The molecule has 0 aromatic heterocycles. The second kappa shape index (κ2) is 10.0. The van der Waals surface area contributed by atoms with Gasteiger partial charge in [0.15, 0.2) is 11.6 Å². The number of benzene rings is 3. The van der Waals surface area contributed by atoms with Crippen molar-refractivity contribution >= 4 is 27.3 Å². The van der Waals surface area contributed by atoms with Gasteiger partial charge in [-0.2, -0.15) is 0 Å². The molecule has 1 aliphatic rings. The van der Waals surface area contributed by atoms with Gasteiger partial charge in [-0.25, -0.2) is 17.2 Å². The van der Waals surface area contributed by atoms with E-state index in [0.29, 0.717) is 17.9 Å². The summed E-state index contributed by atoms with van der Waals surface area (Å²) in [7, 11) is -2.85. The van der Waals surface area contributed by atoms with E-state index < -0.39 is 27.7 Å². The van der Waals surface area contributed by atoms with Crippen LogP contribution in [0.2, 0.25) is 5.02 Å². The zero-order chi connectivity index (χ0) is 25.3. The van der Waals surface area contributed by atoms with Crippen molar-refractivity contribution < 1.29 is 26.7 Å². The highest BCUT2D eigenvalue weighted by molar-refractivity contribution is 7.92. The lowest BCUT2D eigenvalue weighted by atomic mass is 9.88. The van der Waals surface area contributed by atoms with Gasteiger partial charge in [-0.1, -0.05) is 23.7 Å². The van der Waals surface area contributed by atoms with Crippen LogP contribution in [0.15, 0.2) is 59.5 Å². The molecule has 0 bridgehead atoms. The summed E-state index contributed by atoms with van der Waals surface area (Å²) in [5.41, 5.74) is 7.36. The molecule has 6 nitrogen and oxygen atoms in total. The number of sulfonamides is 1. The number of hydrogen-bond acceptors (Lipinski definition) is 5. The second-order valence-corrected chi connectivity index (χ2v) is 10.5. The monoisotopic (exact) mass is 522 g/mol. The molecule has 3 aromatic rings. The molecule has 1 aliphatic heterocycles. The first-order valence-electron chi connectivity index (χ1n) is 10.9. The molecule has 0 amide bonds. The van der Waals surface area contributed by atoms with Crippen LogP contribution in [-0.4, -0.2) is 28.1 Å². The van der Waals surface area contributed by atoms with Crippen LogP contribution in [0.3, 0.4) is 0 Å². The van der Waals surface area contributed by atoms with E-state index in [4.69, 9.17) is 26.8 Å². The van der Waals surface area contributed by atoms with Crippen LogP contribution >= 0.6 is 11.6 Å². The van der Waals surface area contributed by atoms with Gasteiger partial charge in [-0.05, 0) is 61.7 Å². The molecule has 10 heteroatoms. The van der Waals surface area contributed by atoms with E-state index >= 15 is 0 Å². The molecular formula is C25H25ClF2N2O4S. The number of halogens is 3. The van der Waals surface area contributed by atoms with Crippen molar-refractivity contribution in [1.82, 2.24) is 0 Å². The normalized spacial score (nSPS) is 17.7. The molecule has 186 valence electrons. The highest BCUT2D eigenvalue weighted by Gasteiger charge is 2.39. The maximum atomic E-state index is 14.2. The van der Waals surface area contributed by atoms with Crippen LogP contribution < -0.4 is 19.5 Å². The molecule has 3 aromatic carbocycles. The van der Waals surface area contributed by atoms with E-state index in [0.717, 1.165) is 17.7 Å². The molecule has 0 radical (unpaired) electrons. The number of ether oxygens (including phenoxy) is 2. The van der Waals surface area contributed by atoms with Gasteiger partial charge in [0.1, 0.15) is 18.2 Å². The van der Waals surface area contributed by atoms with Crippen molar-refractivity contribution in [2.75, 3.05) is 18.0 Å². The number of nitrogens with two attached hydrogens (primary N) is 1. The van der Waals surface area contributed by atoms with Crippen molar-refractivity contribution in [1.29, 1.82) is 0 Å². The molecule has 2 N–H and O–H groups in total. The lowest BCUT2D eigenvalue weighted by Gasteiger charge is -2.40. The highest BCUT2D eigenvalue weighted by atomic mass is 35.5. The molecule has 0 unspecified atom stereocenters. The van der Waals surface area contributed by atoms with Crippen molar-refractivity contribution in [3.05, 3.63) is 82.4 Å². The van der Waals surface area contributed by atoms with Crippen molar-refractivity contribution in [2.24, 2.45) is 11.7 Å². The van der Waals surface area contributed by atoms with E-state index in [-0.39, 0.29) is 40.3 Å². The quantitative estimate of drug-likeness (QED) is 0.476. The number of hydrogen-bond donors (Lipinski definition) is 1. The summed E-state index contributed by atoms with van der Waals surface area (Å²) in [6, 6.07) is 12.4. The molecule has 0 aliphatic carbocycles. The minimum atomic E-state index is -4.12. The maximum absolute atomic E-state index is 14.2. The minimum Gasteiger partial charge on any atom is -0.494 e. The Morgan fingerprint density at radius 3 is 2.57 bits per heavy atom. The Balaban J connectivity index is 1.74. The number of fused-ring (bicyclic) bond motifs is 1. The maximum Gasteiger partial charge on any atom is 0.264 e. The summed E-state index contributed by atoms with van der Waals surface area (Å²) < 4.78 is 67.7. The molecule has 0 fully saturated rings. The fourth-order valence-electron chi connectivity index (χ4n) is 4.24. The molecule has 0 saturated heterocycles. The molecule has 1 heterocycles. The van der Waals surface area contributed by atoms with Crippen LogP contribution in [0.1, 0.15) is 18.1 Å². The van der Waals surface area contributed by atoms with E-state index in [2.05, 4.69) is 0 Å². The summed E-state index contributed by atoms with van der Waals surface area (Å²) in [4.78, 5) is -0.115. The van der Waals surface area contributed by atoms with E-state index in [9.17, 15) is 17.2 Å². The fourth-order valence-corrected chi connectivity index (χ4v) is 6.22. The minimum absolute atomic E-state index is 0.115. The second-order valence-electron chi connectivity index (χ2n) is 8.32. The zero-order valence-electron chi connectivity index (χ0n) is 19.2. The van der Waals surface area contributed by atoms with Crippen molar-refractivity contribution in [3.63, 3.8) is 0 Å². The lowest BCUT2D eigenvalue weighted by molar-refractivity contribution is 0.299. The smallest absolute Gasteiger partial charge is 0.264 e. The predicted molar refractivity (Wildman–Crippen MR) is 131 cm³/mol. The van der Waals surface area contributed by atoms with Crippen molar-refractivity contribution in [3.8, 4) is 11.5 Å². The molecular weight excluding hydrogens is 498 g/mol. The summed E-state index contributed by atoms with van der Waals surface area (Å²) in [6.07, 6.45) is 0.575. The van der Waals surface area contributed by atoms with Crippen molar-refractivity contribution in [2.45, 2.75) is 30.9 Å². The van der Waals surface area contributed by atoms with E-state index in [1.807, 2.05) is 0 Å². The Morgan fingerprint density at radius 1 is 1.11 bits per heavy atom. The molecule has 0 saturated carbocycles. The first-order valence-corrected chi connectivity index (χ1v) is 12.8. The third kappa shape index (κ3) is 4.80. The third-order valence-electron chi connectivity index (χ3n) is 6.26. The highest BCUT2D eigenvalue weighted by Crippen LogP contribution is 2.40. The number of methoxy groups -OCH3 is 1. The Labute approximate surface area is 208 Å². The topological polar surface area (TPSA) is 81.9 Å². The average Bonchev–Trinajstić information content (AvgIpc) is 2.83. The van der Waals surface area contributed by atoms with Gasteiger partial charge in [0.2, 0.25) is 0 Å². The Bertz CT molecular complexity index is 1330. The first kappa shape index (κ1) is 25.2. The molecule has 0 spiro atoms. The van der Waals surface area contributed by atoms with Gasteiger partial charge in [0.25, 0.3) is 10.0 Å². The zero-order valence-corrected chi connectivity index (χ0v) is 20.7. The van der Waals surface area contributed by atoms with Crippen LogP contribution in [-0.2, 0) is 23.1 Å². The first-order chi connectivity index (χ1) is 16.7. The number of rotatable bonds is 7. The van der Waals surface area contributed by atoms with Gasteiger partial charge in [0, 0.05) is 23.7 Å². The summed E-state index contributed by atoms with van der Waals surface area (Å²) in [6.45, 7) is 1.93. The van der Waals surface area contributed by atoms with Crippen LogP contribution in [0.4, 0.5) is 14.5 Å². The largest absolute Gasteiger partial charge is 0.494 e. The van der Waals surface area contributed by atoms with Crippen LogP contribution in [0.25, 0.3) is 0 Å². The van der Waals surface area contributed by atoms with Gasteiger partial charge in [0.05, 0.1) is 22.7 Å². The Morgan fingerprint density at radius 2 is 1.89 bits per heavy atom. The average molecular weight is 523 g/mol. The van der Waals surface area contributed by atoms with E-state index in [1.54, 1.807) is 31.2 Å². The standard InChI is InChI=1S/C25H25ClF2N2O4S/c1-15-17(13-29)10-16-6-7-18(34-14-20-21(26)4-3-5-22(20)27)11-24(16)30(15)35(31,32)19-8-9-23(28)25(12-19)33-2/h3-9,11-12,15,17H,10,13-14,29H2,1-2H3/t15-,17+/m1/s1. The molecule has 4 rings (SSSR count). The van der Waals surface area contributed by atoms with Crippen LogP contribution in [0.5, 0.6) is 11.5 Å². The Hall–Kier alpha value is -2.88. The lowest BCUT2D eigenvalue weighted by Crippen LogP contribution is -2.49. The van der Waals surface area contributed by atoms with Gasteiger partial charge in [-0.15, -0.1) is 0 Å². The van der Waals surface area contributed by atoms with Crippen LogP contribution in [0, 0.1) is 17.6 Å². The Kier molecular flexibility index (Phi) is 7.21. The fraction of sp³-hybridized carbons (Fsp3) is 0.280.